The molecule has 2 aromatic heterocycles. The summed E-state index contributed by atoms with van der Waals surface area (Å²) in [6.45, 7) is 0. The van der Waals surface area contributed by atoms with Crippen LogP contribution < -0.4 is 0 Å². The second-order valence-electron chi connectivity index (χ2n) is 2.88. The van der Waals surface area contributed by atoms with E-state index in [1.54, 1.807) is 12.1 Å². The standard InChI is InChI=1S/C10H5N3O2S/c11-3-7-1-2-8(16-7)6-4-12-9(10(14)15)13-5-6/h1-2,4-5H,(H,14,15). The van der Waals surface area contributed by atoms with Crippen molar-refractivity contribution < 1.29 is 9.90 Å². The fourth-order valence-electron chi connectivity index (χ4n) is 1.12. The Morgan fingerprint density at radius 1 is 1.38 bits per heavy atom. The Balaban J connectivity index is 2.35. The Hall–Kier alpha value is -2.26. The van der Waals surface area contributed by atoms with E-state index in [-0.39, 0.29) is 5.82 Å². The van der Waals surface area contributed by atoms with Crippen LogP contribution in [0.3, 0.4) is 0 Å². The first kappa shape index (κ1) is 10.3. The minimum Gasteiger partial charge on any atom is -0.475 e. The smallest absolute Gasteiger partial charge is 0.373 e. The maximum atomic E-state index is 10.5. The summed E-state index contributed by atoms with van der Waals surface area (Å²) in [6, 6.07) is 5.51. The quantitative estimate of drug-likeness (QED) is 0.851. The van der Waals surface area contributed by atoms with Gasteiger partial charge in [0, 0.05) is 22.8 Å². The van der Waals surface area contributed by atoms with E-state index in [1.807, 2.05) is 6.07 Å². The summed E-state index contributed by atoms with van der Waals surface area (Å²) in [5.41, 5.74) is 0.705. The second-order valence-corrected chi connectivity index (χ2v) is 3.96. The van der Waals surface area contributed by atoms with Gasteiger partial charge < -0.3 is 5.11 Å². The highest BCUT2D eigenvalue weighted by molar-refractivity contribution is 7.16. The number of thiophene rings is 1. The monoisotopic (exact) mass is 231 g/mol. The van der Waals surface area contributed by atoms with Gasteiger partial charge in [-0.25, -0.2) is 14.8 Å². The molecule has 1 N–H and O–H groups in total. The van der Waals surface area contributed by atoms with Crippen molar-refractivity contribution in [2.45, 2.75) is 0 Å². The number of carboxylic acids is 1. The second kappa shape index (κ2) is 4.08. The van der Waals surface area contributed by atoms with Gasteiger partial charge in [0.05, 0.1) is 0 Å². The fourth-order valence-corrected chi connectivity index (χ4v) is 1.90. The van der Waals surface area contributed by atoms with Crippen LogP contribution in [0.4, 0.5) is 0 Å². The molecule has 0 radical (unpaired) electrons. The first-order valence-electron chi connectivity index (χ1n) is 4.26. The first-order chi connectivity index (χ1) is 7.70. The number of carboxylic acid groups (broad SMARTS) is 1. The zero-order valence-corrected chi connectivity index (χ0v) is 8.73. The Bertz CT molecular complexity index is 568. The predicted molar refractivity (Wildman–Crippen MR) is 57.0 cm³/mol. The molecule has 16 heavy (non-hydrogen) atoms. The van der Waals surface area contributed by atoms with Crippen LogP contribution in [0.1, 0.15) is 15.5 Å². The summed E-state index contributed by atoms with van der Waals surface area (Å²) in [4.78, 5) is 19.4. The van der Waals surface area contributed by atoms with Crippen LogP contribution in [-0.2, 0) is 0 Å². The van der Waals surface area contributed by atoms with E-state index in [2.05, 4.69) is 9.97 Å². The van der Waals surface area contributed by atoms with Crippen molar-refractivity contribution in [3.63, 3.8) is 0 Å². The topological polar surface area (TPSA) is 86.9 Å². The number of aromatic nitrogens is 2. The maximum absolute atomic E-state index is 10.5. The number of nitrogens with zero attached hydrogens (tertiary/aromatic N) is 3. The van der Waals surface area contributed by atoms with Gasteiger partial charge >= 0.3 is 5.97 Å². The number of carbonyl (C=O) groups is 1. The zero-order valence-electron chi connectivity index (χ0n) is 7.91. The van der Waals surface area contributed by atoms with Crippen molar-refractivity contribution in [3.8, 4) is 16.5 Å². The molecular formula is C10H5N3O2S. The van der Waals surface area contributed by atoms with E-state index in [0.717, 1.165) is 4.88 Å². The van der Waals surface area contributed by atoms with E-state index in [1.165, 1.54) is 23.7 Å². The normalized spacial score (nSPS) is 9.69. The summed E-state index contributed by atoms with van der Waals surface area (Å²) >= 11 is 1.31. The third-order valence-electron chi connectivity index (χ3n) is 1.84. The number of nitriles is 1. The molecule has 0 fully saturated rings. The number of rotatable bonds is 2. The highest BCUT2D eigenvalue weighted by atomic mass is 32.1. The molecule has 0 saturated carbocycles. The summed E-state index contributed by atoms with van der Waals surface area (Å²) in [7, 11) is 0. The minimum absolute atomic E-state index is 0.235. The molecule has 0 spiro atoms. The maximum Gasteiger partial charge on any atom is 0.373 e. The molecule has 0 amide bonds. The van der Waals surface area contributed by atoms with Crippen LogP contribution in [0.25, 0.3) is 10.4 Å². The van der Waals surface area contributed by atoms with Crippen molar-refractivity contribution in [3.05, 3.63) is 35.2 Å². The number of aromatic carboxylic acids is 1. The zero-order chi connectivity index (χ0) is 11.5. The van der Waals surface area contributed by atoms with Gasteiger partial charge in [-0.05, 0) is 12.1 Å². The van der Waals surface area contributed by atoms with Gasteiger partial charge in [0.15, 0.2) is 0 Å². The van der Waals surface area contributed by atoms with Crippen LogP contribution in [0.2, 0.25) is 0 Å². The third-order valence-corrected chi connectivity index (χ3v) is 2.88. The SMILES string of the molecule is N#Cc1ccc(-c2cnc(C(=O)O)nc2)s1. The highest BCUT2D eigenvalue weighted by Gasteiger charge is 2.07. The van der Waals surface area contributed by atoms with E-state index in [4.69, 9.17) is 10.4 Å². The van der Waals surface area contributed by atoms with E-state index in [0.29, 0.717) is 10.4 Å². The lowest BCUT2D eigenvalue weighted by Crippen LogP contribution is -2.02. The van der Waals surface area contributed by atoms with Crippen molar-refractivity contribution in [2.75, 3.05) is 0 Å². The summed E-state index contributed by atoms with van der Waals surface area (Å²) < 4.78 is 0. The molecule has 2 heterocycles. The third kappa shape index (κ3) is 1.89. The van der Waals surface area contributed by atoms with E-state index < -0.39 is 5.97 Å². The van der Waals surface area contributed by atoms with Gasteiger partial charge in [0.1, 0.15) is 10.9 Å². The lowest BCUT2D eigenvalue weighted by atomic mass is 10.3. The Morgan fingerprint density at radius 2 is 2.06 bits per heavy atom. The van der Waals surface area contributed by atoms with Crippen LogP contribution in [0, 0.1) is 11.3 Å². The molecule has 78 valence electrons. The molecule has 0 saturated heterocycles. The molecule has 0 aromatic carbocycles. The Labute approximate surface area is 94.6 Å². The Morgan fingerprint density at radius 3 is 2.56 bits per heavy atom. The molecular weight excluding hydrogens is 226 g/mol. The van der Waals surface area contributed by atoms with Crippen LogP contribution in [0.15, 0.2) is 24.5 Å². The molecule has 0 unspecified atom stereocenters. The fraction of sp³-hybridized carbons (Fsp3) is 0. The van der Waals surface area contributed by atoms with Gasteiger partial charge in [-0.15, -0.1) is 11.3 Å². The minimum atomic E-state index is -1.16. The molecule has 0 aliphatic carbocycles. The molecule has 2 rings (SSSR count). The van der Waals surface area contributed by atoms with Gasteiger partial charge in [-0.1, -0.05) is 0 Å². The Kier molecular flexibility index (Phi) is 2.62. The number of hydrogen-bond acceptors (Lipinski definition) is 5. The van der Waals surface area contributed by atoms with E-state index in [9.17, 15) is 4.79 Å². The number of hydrogen-bond donors (Lipinski definition) is 1. The van der Waals surface area contributed by atoms with Gasteiger partial charge in [-0.2, -0.15) is 5.26 Å². The average molecular weight is 231 g/mol. The molecule has 0 aliphatic heterocycles. The van der Waals surface area contributed by atoms with Crippen molar-refractivity contribution in [1.82, 2.24) is 9.97 Å². The molecule has 0 bridgehead atoms. The molecule has 6 heteroatoms. The van der Waals surface area contributed by atoms with Gasteiger partial charge in [0.2, 0.25) is 5.82 Å². The molecule has 2 aromatic rings. The van der Waals surface area contributed by atoms with Gasteiger partial charge in [-0.3, -0.25) is 0 Å². The molecule has 5 nitrogen and oxygen atoms in total. The van der Waals surface area contributed by atoms with Crippen molar-refractivity contribution in [2.24, 2.45) is 0 Å². The lowest BCUT2D eigenvalue weighted by Gasteiger charge is -1.96. The molecule has 0 atom stereocenters. The summed E-state index contributed by atoms with van der Waals surface area (Å²) in [6.07, 6.45) is 2.87. The molecule has 0 aliphatic rings. The largest absolute Gasteiger partial charge is 0.475 e. The van der Waals surface area contributed by atoms with Crippen molar-refractivity contribution in [1.29, 1.82) is 5.26 Å². The van der Waals surface area contributed by atoms with Crippen LogP contribution >= 0.6 is 11.3 Å². The van der Waals surface area contributed by atoms with Crippen LogP contribution in [0.5, 0.6) is 0 Å². The van der Waals surface area contributed by atoms with E-state index >= 15 is 0 Å². The lowest BCUT2D eigenvalue weighted by molar-refractivity contribution is 0.0683. The highest BCUT2D eigenvalue weighted by Crippen LogP contribution is 2.26. The first-order valence-corrected chi connectivity index (χ1v) is 5.08. The predicted octanol–water partition coefficient (Wildman–Crippen LogP) is 1.77. The summed E-state index contributed by atoms with van der Waals surface area (Å²) in [5, 5.41) is 17.3. The average Bonchev–Trinajstić information content (AvgIpc) is 2.77. The van der Waals surface area contributed by atoms with Crippen LogP contribution in [-0.4, -0.2) is 21.0 Å². The van der Waals surface area contributed by atoms with Gasteiger partial charge in [0.25, 0.3) is 0 Å². The summed E-state index contributed by atoms with van der Waals surface area (Å²) in [5.74, 6) is -1.39. The van der Waals surface area contributed by atoms with Crippen molar-refractivity contribution >= 4 is 17.3 Å².